The normalized spacial score (nSPS) is 9.25. The fourth-order valence-corrected chi connectivity index (χ4v) is 3.38. The Morgan fingerprint density at radius 1 is 0.625 bits per heavy atom. The molecule has 16 heavy (non-hydrogen) atoms. The van der Waals surface area contributed by atoms with Crippen LogP contribution in [0.25, 0.3) is 0 Å². The average molecular weight is 262 g/mol. The van der Waals surface area contributed by atoms with Crippen LogP contribution in [0.4, 0.5) is 0 Å². The molecule has 0 heterocycles. The van der Waals surface area contributed by atoms with Crippen molar-refractivity contribution in [2.24, 2.45) is 0 Å². The maximum atomic E-state index is 2.23. The van der Waals surface area contributed by atoms with E-state index in [0.29, 0.717) is 0 Å². The standard InChI is InChI=1S/2C7H7.H4Si.Ti/c2*1-7-5-3-2-4-6-7;;/h2*2-6H,1H2;1H4;. The summed E-state index contributed by atoms with van der Waals surface area (Å²) in [7, 11) is 0. The Balaban J connectivity index is 0.00000128. The molecule has 0 saturated carbocycles. The van der Waals surface area contributed by atoms with Crippen molar-refractivity contribution in [2.75, 3.05) is 0 Å². The molecule has 82 valence electrons. The number of hydrogen-bond acceptors (Lipinski definition) is 0. The van der Waals surface area contributed by atoms with Crippen LogP contribution < -0.4 is 0 Å². The molecule has 0 saturated heterocycles. The van der Waals surface area contributed by atoms with Gasteiger partial charge in [0.1, 0.15) is 0 Å². The summed E-state index contributed by atoms with van der Waals surface area (Å²) in [6.45, 7) is 0. The van der Waals surface area contributed by atoms with Gasteiger partial charge in [-0.3, -0.25) is 0 Å². The van der Waals surface area contributed by atoms with Gasteiger partial charge in [0.25, 0.3) is 0 Å². The van der Waals surface area contributed by atoms with E-state index in [0.717, 1.165) is 0 Å². The molecule has 2 heteroatoms. The number of hydrogen-bond donors (Lipinski definition) is 0. The topological polar surface area (TPSA) is 0 Å². The average Bonchev–Trinajstić information content (AvgIpc) is 2.32. The Bertz CT molecular complexity index is 346. The zero-order valence-electron chi connectivity index (χ0n) is 8.69. The molecule has 0 fully saturated rings. The summed E-state index contributed by atoms with van der Waals surface area (Å²) in [5, 5.41) is 0. The van der Waals surface area contributed by atoms with Gasteiger partial charge in [0.05, 0.1) is 0 Å². The molecule has 0 aliphatic carbocycles. The zero-order chi connectivity index (χ0) is 10.3. The van der Waals surface area contributed by atoms with Crippen molar-refractivity contribution in [2.45, 2.75) is 9.45 Å². The molecule has 0 spiro atoms. The van der Waals surface area contributed by atoms with E-state index in [1.807, 2.05) is 0 Å². The van der Waals surface area contributed by atoms with Gasteiger partial charge in [0.2, 0.25) is 0 Å². The van der Waals surface area contributed by atoms with Crippen LogP contribution in [-0.2, 0) is 28.6 Å². The molecule has 0 atom stereocenters. The fraction of sp³-hybridized carbons (Fsp3) is 0.143. The van der Waals surface area contributed by atoms with Crippen molar-refractivity contribution in [3.8, 4) is 0 Å². The monoisotopic (exact) mass is 262 g/mol. The van der Waals surface area contributed by atoms with Crippen LogP contribution in [0.3, 0.4) is 0 Å². The van der Waals surface area contributed by atoms with Gasteiger partial charge >= 0.3 is 100 Å². The second-order valence-electron chi connectivity index (χ2n) is 3.57. The van der Waals surface area contributed by atoms with E-state index in [9.17, 15) is 0 Å². The first-order chi connectivity index (χ1) is 7.45. The Morgan fingerprint density at radius 2 is 1.00 bits per heavy atom. The van der Waals surface area contributed by atoms with E-state index in [1.165, 1.54) is 20.6 Å². The Kier molecular flexibility index (Phi) is 6.39. The summed E-state index contributed by atoms with van der Waals surface area (Å²) >= 11 is 0.136. The van der Waals surface area contributed by atoms with E-state index in [2.05, 4.69) is 60.7 Å². The van der Waals surface area contributed by atoms with Crippen molar-refractivity contribution in [3.05, 3.63) is 71.8 Å². The minimum atomic E-state index is 0. The maximum absolute atomic E-state index is 2.23. The molecule has 0 radical (unpaired) electrons. The second-order valence-corrected chi connectivity index (χ2v) is 5.46. The molecule has 2 aromatic rings. The molecule has 0 aromatic heterocycles. The van der Waals surface area contributed by atoms with Crippen LogP contribution in [0.15, 0.2) is 60.7 Å². The summed E-state index contributed by atoms with van der Waals surface area (Å²) in [5.41, 5.74) is 2.99. The van der Waals surface area contributed by atoms with Crippen molar-refractivity contribution >= 4 is 11.0 Å². The van der Waals surface area contributed by atoms with Crippen molar-refractivity contribution < 1.29 is 19.2 Å². The Hall–Kier alpha value is -0.629. The van der Waals surface area contributed by atoms with E-state index in [-0.39, 0.29) is 30.1 Å². The van der Waals surface area contributed by atoms with E-state index >= 15 is 0 Å². The second kappa shape index (κ2) is 7.61. The molecule has 0 aliphatic heterocycles. The molecule has 0 nitrogen and oxygen atoms in total. The molecule has 0 aliphatic rings. The first-order valence-corrected chi connectivity index (χ1v) is 7.44. The fourth-order valence-electron chi connectivity index (χ4n) is 1.54. The van der Waals surface area contributed by atoms with Gasteiger partial charge in [-0.25, -0.2) is 0 Å². The predicted molar refractivity (Wildman–Crippen MR) is 71.6 cm³/mol. The van der Waals surface area contributed by atoms with Crippen molar-refractivity contribution in [1.82, 2.24) is 0 Å². The molecular weight excluding hydrogens is 244 g/mol. The van der Waals surface area contributed by atoms with E-state index in [1.54, 1.807) is 0 Å². The first kappa shape index (κ1) is 13.4. The third kappa shape index (κ3) is 4.48. The van der Waals surface area contributed by atoms with Gasteiger partial charge < -0.3 is 0 Å². The number of rotatable bonds is 4. The van der Waals surface area contributed by atoms with E-state index < -0.39 is 0 Å². The van der Waals surface area contributed by atoms with Crippen molar-refractivity contribution in [3.63, 3.8) is 0 Å². The summed E-state index contributed by atoms with van der Waals surface area (Å²) in [5.74, 6) is 0. The quantitative estimate of drug-likeness (QED) is 0.739. The minimum absolute atomic E-state index is 0. The number of benzene rings is 2. The molecule has 0 unspecified atom stereocenters. The SMILES string of the molecule is [SiH4].c1ccc([CH2][Ti][CH2]c2ccccc2)cc1. The summed E-state index contributed by atoms with van der Waals surface area (Å²) in [4.78, 5) is 0. The van der Waals surface area contributed by atoms with Crippen molar-refractivity contribution in [1.29, 1.82) is 0 Å². The van der Waals surface area contributed by atoms with Gasteiger partial charge in [0, 0.05) is 0 Å². The molecular formula is C14H18SiTi. The zero-order valence-corrected chi connectivity index (χ0v) is 10.2. The van der Waals surface area contributed by atoms with E-state index in [4.69, 9.17) is 0 Å². The molecule has 0 bridgehead atoms. The first-order valence-electron chi connectivity index (χ1n) is 5.24. The van der Waals surface area contributed by atoms with Gasteiger partial charge in [0.15, 0.2) is 0 Å². The third-order valence-corrected chi connectivity index (χ3v) is 4.40. The summed E-state index contributed by atoms with van der Waals surface area (Å²) < 4.78 is 2.60. The Morgan fingerprint density at radius 3 is 1.38 bits per heavy atom. The molecule has 0 amide bonds. The van der Waals surface area contributed by atoms with Crippen LogP contribution in [0.2, 0.25) is 0 Å². The van der Waals surface area contributed by atoms with Crippen LogP contribution in [-0.4, -0.2) is 11.0 Å². The van der Waals surface area contributed by atoms with Gasteiger partial charge in [-0.15, -0.1) is 0 Å². The van der Waals surface area contributed by atoms with Gasteiger partial charge in [-0.1, -0.05) is 0 Å². The predicted octanol–water partition coefficient (Wildman–Crippen LogP) is 2.02. The molecule has 2 rings (SSSR count). The van der Waals surface area contributed by atoms with Gasteiger partial charge in [-0.2, -0.15) is 0 Å². The summed E-state index contributed by atoms with van der Waals surface area (Å²) in [6, 6.07) is 21.6. The van der Waals surface area contributed by atoms with Crippen LogP contribution in [0, 0.1) is 0 Å². The van der Waals surface area contributed by atoms with Crippen LogP contribution in [0.5, 0.6) is 0 Å². The molecule has 0 N–H and O–H groups in total. The Labute approximate surface area is 111 Å². The van der Waals surface area contributed by atoms with Crippen LogP contribution in [0.1, 0.15) is 11.1 Å². The third-order valence-electron chi connectivity index (χ3n) is 2.34. The van der Waals surface area contributed by atoms with Gasteiger partial charge in [-0.05, 0) is 11.0 Å². The van der Waals surface area contributed by atoms with Crippen LogP contribution >= 0.6 is 0 Å². The summed E-state index contributed by atoms with van der Waals surface area (Å²) in [6.07, 6.45) is 0. The molecule has 2 aromatic carbocycles.